The molecule has 2 nitrogen and oxygen atoms in total. The summed E-state index contributed by atoms with van der Waals surface area (Å²) in [5, 5.41) is 0. The fourth-order valence-electron chi connectivity index (χ4n) is 2.50. The molecule has 0 bridgehead atoms. The van der Waals surface area contributed by atoms with E-state index >= 15 is 0 Å². The lowest BCUT2D eigenvalue weighted by Gasteiger charge is -2.23. The van der Waals surface area contributed by atoms with Gasteiger partial charge in [-0.3, -0.25) is 4.79 Å². The van der Waals surface area contributed by atoms with Crippen LogP contribution in [-0.2, 0) is 4.79 Å². The maximum atomic E-state index is 12.3. The van der Waals surface area contributed by atoms with Crippen molar-refractivity contribution in [2.45, 2.75) is 85.0 Å². The molecule has 1 amide bonds. The van der Waals surface area contributed by atoms with Gasteiger partial charge in [0, 0.05) is 19.5 Å². The van der Waals surface area contributed by atoms with E-state index in [-0.39, 0.29) is 5.92 Å². The summed E-state index contributed by atoms with van der Waals surface area (Å²) in [4.78, 5) is 14.2. The first kappa shape index (κ1) is 18.5. The summed E-state index contributed by atoms with van der Waals surface area (Å²) in [5.41, 5.74) is 0. The molecule has 0 heterocycles. The number of unbranched alkanes of at least 4 members (excludes halogenated alkanes) is 6. The predicted molar refractivity (Wildman–Crippen MR) is 84.3 cm³/mol. The molecule has 0 spiro atoms. The first-order valence-corrected chi connectivity index (χ1v) is 8.42. The third-order valence-corrected chi connectivity index (χ3v) is 3.97. The van der Waals surface area contributed by atoms with Crippen LogP contribution in [0.15, 0.2) is 0 Å². The maximum absolute atomic E-state index is 12.3. The quantitative estimate of drug-likeness (QED) is 0.455. The first-order chi connectivity index (χ1) is 9.17. The van der Waals surface area contributed by atoms with Gasteiger partial charge in [0.1, 0.15) is 0 Å². The lowest BCUT2D eigenvalue weighted by Crippen LogP contribution is -2.33. The molecule has 0 N–H and O–H groups in total. The SMILES string of the molecule is CCCCCCCCN(C)C(=O)C(CC)CCCC. The molecule has 0 aliphatic carbocycles. The minimum atomic E-state index is 0.255. The van der Waals surface area contributed by atoms with E-state index in [4.69, 9.17) is 0 Å². The van der Waals surface area contributed by atoms with Gasteiger partial charge in [-0.1, -0.05) is 65.7 Å². The second-order valence-electron chi connectivity index (χ2n) is 5.77. The molecule has 0 saturated heterocycles. The van der Waals surface area contributed by atoms with Crippen molar-refractivity contribution in [1.82, 2.24) is 4.90 Å². The van der Waals surface area contributed by atoms with Gasteiger partial charge in [0.05, 0.1) is 0 Å². The Balaban J connectivity index is 3.78. The summed E-state index contributed by atoms with van der Waals surface area (Å²) >= 11 is 0. The Labute approximate surface area is 120 Å². The number of carbonyl (C=O) groups excluding carboxylic acids is 1. The Morgan fingerprint density at radius 1 is 0.895 bits per heavy atom. The number of carbonyl (C=O) groups is 1. The standard InChI is InChI=1S/C17H35NO/c1-5-8-10-11-12-13-15-18(4)17(19)16(7-3)14-9-6-2/h16H,5-15H2,1-4H3. The van der Waals surface area contributed by atoms with E-state index in [1.807, 2.05) is 11.9 Å². The average Bonchev–Trinajstić information content (AvgIpc) is 2.43. The van der Waals surface area contributed by atoms with Crippen molar-refractivity contribution in [3.05, 3.63) is 0 Å². The second-order valence-corrected chi connectivity index (χ2v) is 5.77. The van der Waals surface area contributed by atoms with Crippen molar-refractivity contribution in [2.24, 2.45) is 5.92 Å². The van der Waals surface area contributed by atoms with Crippen LogP contribution in [0, 0.1) is 5.92 Å². The molecule has 0 aromatic carbocycles. The van der Waals surface area contributed by atoms with Gasteiger partial charge >= 0.3 is 0 Å². The van der Waals surface area contributed by atoms with E-state index in [0.29, 0.717) is 5.91 Å². The van der Waals surface area contributed by atoms with E-state index in [9.17, 15) is 4.79 Å². The number of rotatable bonds is 12. The zero-order valence-corrected chi connectivity index (χ0v) is 13.7. The number of amides is 1. The molecule has 1 atom stereocenters. The van der Waals surface area contributed by atoms with Gasteiger partial charge in [-0.05, 0) is 19.3 Å². The van der Waals surface area contributed by atoms with Gasteiger partial charge in [0.25, 0.3) is 0 Å². The number of nitrogens with zero attached hydrogens (tertiary/aromatic N) is 1. The summed E-state index contributed by atoms with van der Waals surface area (Å²) in [6, 6.07) is 0. The molecule has 0 aromatic rings. The Bertz CT molecular complexity index is 215. The highest BCUT2D eigenvalue weighted by Crippen LogP contribution is 2.16. The van der Waals surface area contributed by atoms with Crippen molar-refractivity contribution in [2.75, 3.05) is 13.6 Å². The lowest BCUT2D eigenvalue weighted by atomic mass is 9.98. The molecule has 1 unspecified atom stereocenters. The van der Waals surface area contributed by atoms with Crippen LogP contribution in [-0.4, -0.2) is 24.4 Å². The Morgan fingerprint density at radius 2 is 1.47 bits per heavy atom. The van der Waals surface area contributed by atoms with E-state index in [1.165, 1.54) is 44.9 Å². The number of hydrogen-bond donors (Lipinski definition) is 0. The van der Waals surface area contributed by atoms with Crippen molar-refractivity contribution >= 4 is 5.91 Å². The maximum Gasteiger partial charge on any atom is 0.225 e. The molecule has 2 heteroatoms. The molecule has 0 fully saturated rings. The van der Waals surface area contributed by atoms with Gasteiger partial charge in [0.15, 0.2) is 0 Å². The van der Waals surface area contributed by atoms with E-state index in [1.54, 1.807) is 0 Å². The van der Waals surface area contributed by atoms with Crippen LogP contribution in [0.5, 0.6) is 0 Å². The summed E-state index contributed by atoms with van der Waals surface area (Å²) in [7, 11) is 1.98. The van der Waals surface area contributed by atoms with Gasteiger partial charge in [-0.2, -0.15) is 0 Å². The van der Waals surface area contributed by atoms with Crippen molar-refractivity contribution in [1.29, 1.82) is 0 Å². The molecule has 0 aliphatic rings. The van der Waals surface area contributed by atoms with Gasteiger partial charge in [-0.25, -0.2) is 0 Å². The molecule has 114 valence electrons. The third kappa shape index (κ3) is 9.07. The molecule has 0 aliphatic heterocycles. The molecule has 0 saturated carbocycles. The zero-order chi connectivity index (χ0) is 14.5. The normalized spacial score (nSPS) is 12.4. The second kappa shape index (κ2) is 12.5. The van der Waals surface area contributed by atoms with Crippen molar-refractivity contribution in [3.8, 4) is 0 Å². The molecule has 0 aromatic heterocycles. The zero-order valence-electron chi connectivity index (χ0n) is 13.7. The fourth-order valence-corrected chi connectivity index (χ4v) is 2.50. The van der Waals surface area contributed by atoms with Crippen molar-refractivity contribution < 1.29 is 4.79 Å². The van der Waals surface area contributed by atoms with Gasteiger partial charge in [0.2, 0.25) is 5.91 Å². The topological polar surface area (TPSA) is 20.3 Å². The summed E-state index contributed by atoms with van der Waals surface area (Å²) in [6.45, 7) is 7.51. The monoisotopic (exact) mass is 269 g/mol. The van der Waals surface area contributed by atoms with Crippen LogP contribution in [0.4, 0.5) is 0 Å². The van der Waals surface area contributed by atoms with E-state index in [0.717, 1.165) is 25.8 Å². The first-order valence-electron chi connectivity index (χ1n) is 8.42. The highest BCUT2D eigenvalue weighted by Gasteiger charge is 2.19. The van der Waals surface area contributed by atoms with Crippen LogP contribution < -0.4 is 0 Å². The molecular formula is C17H35NO. The van der Waals surface area contributed by atoms with Crippen LogP contribution in [0.1, 0.15) is 85.0 Å². The molecule has 0 rings (SSSR count). The van der Waals surface area contributed by atoms with Crippen molar-refractivity contribution in [3.63, 3.8) is 0 Å². The van der Waals surface area contributed by atoms with Gasteiger partial charge in [-0.15, -0.1) is 0 Å². The number of hydrogen-bond acceptors (Lipinski definition) is 1. The molecule has 19 heavy (non-hydrogen) atoms. The largest absolute Gasteiger partial charge is 0.346 e. The Kier molecular flexibility index (Phi) is 12.2. The van der Waals surface area contributed by atoms with Gasteiger partial charge < -0.3 is 4.90 Å². The highest BCUT2D eigenvalue weighted by atomic mass is 16.2. The van der Waals surface area contributed by atoms with Crippen LogP contribution in [0.3, 0.4) is 0 Å². The fraction of sp³-hybridized carbons (Fsp3) is 0.941. The predicted octanol–water partition coefficient (Wildman–Crippen LogP) is 5.02. The highest BCUT2D eigenvalue weighted by molar-refractivity contribution is 5.78. The van der Waals surface area contributed by atoms with E-state index < -0.39 is 0 Å². The van der Waals surface area contributed by atoms with Crippen LogP contribution >= 0.6 is 0 Å². The lowest BCUT2D eigenvalue weighted by molar-refractivity contribution is -0.134. The Hall–Kier alpha value is -0.530. The Morgan fingerprint density at radius 3 is 2.05 bits per heavy atom. The summed E-state index contributed by atoms with van der Waals surface area (Å²) < 4.78 is 0. The minimum Gasteiger partial charge on any atom is -0.346 e. The van der Waals surface area contributed by atoms with Crippen LogP contribution in [0.2, 0.25) is 0 Å². The summed E-state index contributed by atoms with van der Waals surface area (Å²) in [5.74, 6) is 0.620. The minimum absolute atomic E-state index is 0.255. The third-order valence-electron chi connectivity index (χ3n) is 3.97. The van der Waals surface area contributed by atoms with Crippen LogP contribution in [0.25, 0.3) is 0 Å². The molecule has 0 radical (unpaired) electrons. The van der Waals surface area contributed by atoms with E-state index in [2.05, 4.69) is 20.8 Å². The average molecular weight is 269 g/mol. The molecular weight excluding hydrogens is 234 g/mol. The smallest absolute Gasteiger partial charge is 0.225 e. The summed E-state index contributed by atoms with van der Waals surface area (Å²) in [6.07, 6.45) is 12.2.